The van der Waals surface area contributed by atoms with E-state index in [-0.39, 0.29) is 0 Å². The highest BCUT2D eigenvalue weighted by Gasteiger charge is 2.07. The van der Waals surface area contributed by atoms with Gasteiger partial charge < -0.3 is 0 Å². The molecule has 0 radical (unpaired) electrons. The number of nitrogens with zero attached hydrogens (tertiary/aromatic N) is 1. The first-order valence-corrected chi connectivity index (χ1v) is 7.96. The molecule has 0 spiro atoms. The summed E-state index contributed by atoms with van der Waals surface area (Å²) in [5.74, 6) is 0.499. The lowest BCUT2D eigenvalue weighted by Crippen LogP contribution is -1.92. The van der Waals surface area contributed by atoms with Crippen LogP contribution in [-0.4, -0.2) is 4.98 Å². The van der Waals surface area contributed by atoms with Crippen LogP contribution in [0.15, 0.2) is 79.5 Å². The van der Waals surface area contributed by atoms with Crippen molar-refractivity contribution in [1.82, 2.24) is 4.98 Å². The van der Waals surface area contributed by atoms with Crippen molar-refractivity contribution in [3.63, 3.8) is 0 Å². The quantitative estimate of drug-likeness (QED) is 0.581. The molecule has 0 fully saturated rings. The molecule has 0 atom stereocenters. The van der Waals surface area contributed by atoms with Gasteiger partial charge >= 0.3 is 0 Å². The molecule has 114 valence electrons. The molecule has 0 saturated heterocycles. The standard InChI is InChI=1S/C22H21N/c1-16(2)19-12-13-23-22(15-19)21-11-7-10-20(14-21)17(3)18-8-5-4-6-9-18/h4-16H,3H2,1-2H3. The summed E-state index contributed by atoms with van der Waals surface area (Å²) >= 11 is 0. The van der Waals surface area contributed by atoms with E-state index in [2.05, 4.69) is 73.9 Å². The average Bonchev–Trinajstić information content (AvgIpc) is 2.62. The monoisotopic (exact) mass is 299 g/mol. The second-order valence-corrected chi connectivity index (χ2v) is 6.05. The lowest BCUT2D eigenvalue weighted by molar-refractivity contribution is 0.864. The van der Waals surface area contributed by atoms with Crippen LogP contribution in [0.1, 0.15) is 36.5 Å². The largest absolute Gasteiger partial charge is 0.256 e. The van der Waals surface area contributed by atoms with Gasteiger partial charge in [-0.15, -0.1) is 0 Å². The van der Waals surface area contributed by atoms with Crippen LogP contribution in [0.2, 0.25) is 0 Å². The summed E-state index contributed by atoms with van der Waals surface area (Å²) < 4.78 is 0. The van der Waals surface area contributed by atoms with Crippen molar-refractivity contribution in [3.05, 3.63) is 96.2 Å². The van der Waals surface area contributed by atoms with Gasteiger partial charge in [0.05, 0.1) is 5.69 Å². The molecule has 23 heavy (non-hydrogen) atoms. The second-order valence-electron chi connectivity index (χ2n) is 6.05. The van der Waals surface area contributed by atoms with E-state index in [0.29, 0.717) is 5.92 Å². The number of benzene rings is 2. The first kappa shape index (κ1) is 15.2. The van der Waals surface area contributed by atoms with Gasteiger partial charge in [0, 0.05) is 11.8 Å². The van der Waals surface area contributed by atoms with Crippen LogP contribution in [0.25, 0.3) is 16.8 Å². The Morgan fingerprint density at radius 3 is 2.35 bits per heavy atom. The Hall–Kier alpha value is -2.67. The predicted molar refractivity (Wildman–Crippen MR) is 98.3 cm³/mol. The maximum atomic E-state index is 4.54. The fourth-order valence-corrected chi connectivity index (χ4v) is 2.64. The van der Waals surface area contributed by atoms with E-state index in [1.165, 1.54) is 5.56 Å². The van der Waals surface area contributed by atoms with Crippen molar-refractivity contribution in [2.45, 2.75) is 19.8 Å². The molecule has 1 aromatic heterocycles. The van der Waals surface area contributed by atoms with E-state index < -0.39 is 0 Å². The zero-order valence-electron chi connectivity index (χ0n) is 13.7. The summed E-state index contributed by atoms with van der Waals surface area (Å²) in [6.07, 6.45) is 1.89. The highest BCUT2D eigenvalue weighted by molar-refractivity contribution is 5.80. The molecule has 3 aromatic rings. The van der Waals surface area contributed by atoms with Crippen molar-refractivity contribution in [2.24, 2.45) is 0 Å². The van der Waals surface area contributed by atoms with Crippen LogP contribution in [-0.2, 0) is 0 Å². The fourth-order valence-electron chi connectivity index (χ4n) is 2.64. The Labute approximate surface area is 138 Å². The van der Waals surface area contributed by atoms with Gasteiger partial charge in [0.15, 0.2) is 0 Å². The molecule has 0 saturated carbocycles. The Bertz CT molecular complexity index is 816. The smallest absolute Gasteiger partial charge is 0.0705 e. The third-order valence-corrected chi connectivity index (χ3v) is 4.08. The van der Waals surface area contributed by atoms with Gasteiger partial charge in [-0.25, -0.2) is 0 Å². The SMILES string of the molecule is C=C(c1ccccc1)c1cccc(-c2cc(C(C)C)ccn2)c1. The molecular weight excluding hydrogens is 278 g/mol. The van der Waals surface area contributed by atoms with Crippen LogP contribution in [0, 0.1) is 0 Å². The lowest BCUT2D eigenvalue weighted by Gasteiger charge is -2.10. The lowest BCUT2D eigenvalue weighted by atomic mass is 9.96. The summed E-state index contributed by atoms with van der Waals surface area (Å²) in [5.41, 5.74) is 6.76. The number of pyridine rings is 1. The molecule has 1 heterocycles. The summed E-state index contributed by atoms with van der Waals surface area (Å²) in [4.78, 5) is 4.54. The van der Waals surface area contributed by atoms with Crippen LogP contribution < -0.4 is 0 Å². The van der Waals surface area contributed by atoms with E-state index in [1.807, 2.05) is 24.4 Å². The van der Waals surface area contributed by atoms with Crippen LogP contribution >= 0.6 is 0 Å². The molecule has 0 unspecified atom stereocenters. The van der Waals surface area contributed by atoms with Crippen LogP contribution in [0.3, 0.4) is 0 Å². The molecular formula is C22H21N. The second kappa shape index (κ2) is 6.62. The van der Waals surface area contributed by atoms with Gasteiger partial charge in [0.1, 0.15) is 0 Å². The Kier molecular flexibility index (Phi) is 4.38. The molecule has 1 nitrogen and oxygen atoms in total. The van der Waals surface area contributed by atoms with Gasteiger partial charge in [-0.2, -0.15) is 0 Å². The molecule has 0 amide bonds. The molecule has 0 aliphatic heterocycles. The minimum absolute atomic E-state index is 0.499. The Balaban J connectivity index is 1.97. The van der Waals surface area contributed by atoms with E-state index in [9.17, 15) is 0 Å². The molecule has 0 aliphatic carbocycles. The third kappa shape index (κ3) is 3.40. The van der Waals surface area contributed by atoms with Gasteiger partial charge in [-0.05, 0) is 46.4 Å². The molecule has 2 aromatic carbocycles. The minimum Gasteiger partial charge on any atom is -0.256 e. The van der Waals surface area contributed by atoms with E-state index in [4.69, 9.17) is 0 Å². The van der Waals surface area contributed by atoms with Crippen molar-refractivity contribution in [1.29, 1.82) is 0 Å². The van der Waals surface area contributed by atoms with E-state index in [1.54, 1.807) is 0 Å². The molecule has 0 aliphatic rings. The van der Waals surface area contributed by atoms with Gasteiger partial charge in [-0.1, -0.05) is 69.0 Å². The highest BCUT2D eigenvalue weighted by Crippen LogP contribution is 2.27. The summed E-state index contributed by atoms with van der Waals surface area (Å²) in [5, 5.41) is 0. The van der Waals surface area contributed by atoms with E-state index in [0.717, 1.165) is 28.0 Å². The van der Waals surface area contributed by atoms with Crippen molar-refractivity contribution in [2.75, 3.05) is 0 Å². The zero-order chi connectivity index (χ0) is 16.2. The number of aromatic nitrogens is 1. The molecule has 3 rings (SSSR count). The number of hydrogen-bond donors (Lipinski definition) is 0. The Morgan fingerprint density at radius 1 is 0.870 bits per heavy atom. The van der Waals surface area contributed by atoms with Crippen LogP contribution in [0.4, 0.5) is 0 Å². The average molecular weight is 299 g/mol. The van der Waals surface area contributed by atoms with Gasteiger partial charge in [0.25, 0.3) is 0 Å². The maximum absolute atomic E-state index is 4.54. The third-order valence-electron chi connectivity index (χ3n) is 4.08. The first-order chi connectivity index (χ1) is 11.1. The predicted octanol–water partition coefficient (Wildman–Crippen LogP) is 5.93. The van der Waals surface area contributed by atoms with E-state index >= 15 is 0 Å². The fraction of sp³-hybridized carbons (Fsp3) is 0.136. The molecule has 1 heteroatoms. The Morgan fingerprint density at radius 2 is 1.61 bits per heavy atom. The summed E-state index contributed by atoms with van der Waals surface area (Å²) in [7, 11) is 0. The van der Waals surface area contributed by atoms with Crippen molar-refractivity contribution < 1.29 is 0 Å². The van der Waals surface area contributed by atoms with Crippen molar-refractivity contribution in [3.8, 4) is 11.3 Å². The molecule has 0 bridgehead atoms. The van der Waals surface area contributed by atoms with Gasteiger partial charge in [0.2, 0.25) is 0 Å². The molecule has 0 N–H and O–H groups in total. The number of rotatable bonds is 4. The summed E-state index contributed by atoms with van der Waals surface area (Å²) in [6, 6.07) is 23.0. The highest BCUT2D eigenvalue weighted by atomic mass is 14.7. The minimum atomic E-state index is 0.499. The maximum Gasteiger partial charge on any atom is 0.0705 e. The topological polar surface area (TPSA) is 12.9 Å². The van der Waals surface area contributed by atoms with Crippen molar-refractivity contribution >= 4 is 5.57 Å². The van der Waals surface area contributed by atoms with Gasteiger partial charge in [-0.3, -0.25) is 4.98 Å². The first-order valence-electron chi connectivity index (χ1n) is 7.96. The zero-order valence-corrected chi connectivity index (χ0v) is 13.7. The summed E-state index contributed by atoms with van der Waals surface area (Å²) in [6.45, 7) is 8.66. The normalized spacial score (nSPS) is 10.7. The number of hydrogen-bond acceptors (Lipinski definition) is 1. The van der Waals surface area contributed by atoms with Crippen LogP contribution in [0.5, 0.6) is 0 Å².